The largest absolute Gasteiger partial charge is 0.329 e. The normalized spacial score (nSPS) is 32.0. The van der Waals surface area contributed by atoms with E-state index >= 15 is 0 Å². The van der Waals surface area contributed by atoms with Crippen molar-refractivity contribution in [2.45, 2.75) is 51.1 Å². The van der Waals surface area contributed by atoms with Crippen molar-refractivity contribution >= 4 is 0 Å². The van der Waals surface area contributed by atoms with Crippen LogP contribution in [0.3, 0.4) is 0 Å². The maximum Gasteiger partial charge on any atom is 0.0335 e. The van der Waals surface area contributed by atoms with Crippen molar-refractivity contribution in [1.82, 2.24) is 4.90 Å². The Morgan fingerprint density at radius 3 is 2.58 bits per heavy atom. The minimum Gasteiger partial charge on any atom is -0.329 e. The van der Waals surface area contributed by atoms with Crippen LogP contribution in [0.5, 0.6) is 0 Å². The van der Waals surface area contributed by atoms with E-state index in [1.807, 2.05) is 0 Å². The van der Waals surface area contributed by atoms with Crippen LogP contribution in [0.2, 0.25) is 0 Å². The van der Waals surface area contributed by atoms with Gasteiger partial charge in [0.05, 0.1) is 0 Å². The van der Waals surface area contributed by atoms with E-state index in [0.717, 1.165) is 19.0 Å². The predicted molar refractivity (Wildman–Crippen MR) is 80.0 cm³/mol. The molecular weight excluding hydrogens is 232 g/mol. The van der Waals surface area contributed by atoms with Crippen molar-refractivity contribution in [1.29, 1.82) is 0 Å². The highest BCUT2D eigenvalue weighted by molar-refractivity contribution is 5.29. The van der Waals surface area contributed by atoms with Gasteiger partial charge in [0.2, 0.25) is 0 Å². The van der Waals surface area contributed by atoms with E-state index in [1.165, 1.54) is 49.8 Å². The monoisotopic (exact) mass is 258 g/mol. The van der Waals surface area contributed by atoms with Gasteiger partial charge in [-0.1, -0.05) is 31.2 Å². The summed E-state index contributed by atoms with van der Waals surface area (Å²) >= 11 is 0. The summed E-state index contributed by atoms with van der Waals surface area (Å²) in [6.07, 6.45) is 6.44. The summed E-state index contributed by atoms with van der Waals surface area (Å²) in [6, 6.07) is 8.90. The Bertz CT molecular complexity index is 433. The highest BCUT2D eigenvalue weighted by atomic mass is 15.2. The first kappa shape index (κ1) is 13.1. The van der Waals surface area contributed by atoms with Gasteiger partial charge in [-0.25, -0.2) is 0 Å². The average molecular weight is 258 g/mol. The van der Waals surface area contributed by atoms with Crippen LogP contribution in [0.1, 0.15) is 43.7 Å². The van der Waals surface area contributed by atoms with Crippen LogP contribution < -0.4 is 5.73 Å². The summed E-state index contributed by atoms with van der Waals surface area (Å²) in [5.74, 6) is 0.886. The molecule has 1 aliphatic heterocycles. The molecule has 0 bridgehead atoms. The van der Waals surface area contributed by atoms with E-state index in [0.29, 0.717) is 0 Å². The summed E-state index contributed by atoms with van der Waals surface area (Å²) < 4.78 is 0. The lowest BCUT2D eigenvalue weighted by atomic mass is 9.75. The molecule has 1 aromatic carbocycles. The molecule has 1 fully saturated rings. The molecule has 1 aliphatic carbocycles. The Morgan fingerprint density at radius 2 is 1.89 bits per heavy atom. The van der Waals surface area contributed by atoms with Crippen LogP contribution in [-0.2, 0) is 13.0 Å². The van der Waals surface area contributed by atoms with Gasteiger partial charge in [0, 0.05) is 25.2 Å². The molecular formula is C17H26N2. The van der Waals surface area contributed by atoms with Gasteiger partial charge in [0.1, 0.15) is 0 Å². The smallest absolute Gasteiger partial charge is 0.0335 e. The van der Waals surface area contributed by atoms with E-state index in [1.54, 1.807) is 0 Å². The van der Waals surface area contributed by atoms with Crippen molar-refractivity contribution in [3.8, 4) is 0 Å². The summed E-state index contributed by atoms with van der Waals surface area (Å²) in [5.41, 5.74) is 9.52. The standard InChI is InChI=1S/C17H26N2/c1-14-6-9-17(13-18,10-7-14)19-11-8-15-4-2-3-5-16(15)12-19/h2-5,14H,6-13,18H2,1H3. The molecule has 104 valence electrons. The van der Waals surface area contributed by atoms with Crippen molar-refractivity contribution in [2.24, 2.45) is 11.7 Å². The molecule has 0 unspecified atom stereocenters. The number of hydrogen-bond donors (Lipinski definition) is 1. The Balaban J connectivity index is 1.79. The maximum absolute atomic E-state index is 6.19. The zero-order valence-electron chi connectivity index (χ0n) is 12.1. The Morgan fingerprint density at radius 1 is 1.21 bits per heavy atom. The molecule has 19 heavy (non-hydrogen) atoms. The number of rotatable bonds is 2. The molecule has 2 heteroatoms. The van der Waals surface area contributed by atoms with E-state index in [2.05, 4.69) is 36.1 Å². The highest BCUT2D eigenvalue weighted by Gasteiger charge is 2.39. The molecule has 0 radical (unpaired) electrons. The lowest BCUT2D eigenvalue weighted by molar-refractivity contribution is 0.0334. The number of nitrogens with two attached hydrogens (primary N) is 1. The first-order valence-electron chi connectivity index (χ1n) is 7.75. The Hall–Kier alpha value is -0.860. The second kappa shape index (κ2) is 5.26. The van der Waals surface area contributed by atoms with Crippen molar-refractivity contribution in [2.75, 3.05) is 13.1 Å². The molecule has 0 amide bonds. The lowest BCUT2D eigenvalue weighted by Crippen LogP contribution is -2.56. The molecule has 2 nitrogen and oxygen atoms in total. The summed E-state index contributed by atoms with van der Waals surface area (Å²) in [6.45, 7) is 5.48. The molecule has 2 aliphatic rings. The second-order valence-electron chi connectivity index (χ2n) is 6.55. The highest BCUT2D eigenvalue weighted by Crippen LogP contribution is 2.38. The SMILES string of the molecule is CC1CCC(CN)(N2CCc3ccccc3C2)CC1. The van der Waals surface area contributed by atoms with Gasteiger partial charge in [-0.05, 0) is 49.1 Å². The van der Waals surface area contributed by atoms with Crippen molar-refractivity contribution < 1.29 is 0 Å². The number of nitrogens with zero attached hydrogens (tertiary/aromatic N) is 1. The lowest BCUT2D eigenvalue weighted by Gasteiger charge is -2.49. The zero-order chi connectivity index (χ0) is 13.3. The fraction of sp³-hybridized carbons (Fsp3) is 0.647. The third kappa shape index (κ3) is 2.44. The van der Waals surface area contributed by atoms with Crippen LogP contribution in [0.4, 0.5) is 0 Å². The fourth-order valence-corrected chi connectivity index (χ4v) is 3.85. The first-order valence-corrected chi connectivity index (χ1v) is 7.75. The molecule has 0 atom stereocenters. The molecule has 0 spiro atoms. The average Bonchev–Trinajstić information content (AvgIpc) is 2.48. The third-order valence-electron chi connectivity index (χ3n) is 5.39. The van der Waals surface area contributed by atoms with Crippen LogP contribution >= 0.6 is 0 Å². The second-order valence-corrected chi connectivity index (χ2v) is 6.55. The number of benzene rings is 1. The Labute approximate surface area is 117 Å². The van der Waals surface area contributed by atoms with Crippen LogP contribution in [0.25, 0.3) is 0 Å². The predicted octanol–water partition coefficient (Wildman–Crippen LogP) is 2.95. The van der Waals surface area contributed by atoms with Gasteiger partial charge < -0.3 is 5.73 Å². The van der Waals surface area contributed by atoms with E-state index in [-0.39, 0.29) is 5.54 Å². The topological polar surface area (TPSA) is 29.3 Å². The van der Waals surface area contributed by atoms with Gasteiger partial charge in [0.25, 0.3) is 0 Å². The van der Waals surface area contributed by atoms with E-state index in [4.69, 9.17) is 5.73 Å². The molecule has 2 N–H and O–H groups in total. The Kier molecular flexibility index (Phi) is 3.64. The fourth-order valence-electron chi connectivity index (χ4n) is 3.85. The van der Waals surface area contributed by atoms with Gasteiger partial charge in [-0.15, -0.1) is 0 Å². The van der Waals surface area contributed by atoms with E-state index in [9.17, 15) is 0 Å². The molecule has 1 aromatic rings. The number of fused-ring (bicyclic) bond motifs is 1. The van der Waals surface area contributed by atoms with Crippen LogP contribution in [-0.4, -0.2) is 23.5 Å². The van der Waals surface area contributed by atoms with Crippen molar-refractivity contribution in [3.05, 3.63) is 35.4 Å². The molecule has 0 saturated heterocycles. The maximum atomic E-state index is 6.19. The minimum absolute atomic E-state index is 0.278. The first-order chi connectivity index (χ1) is 9.23. The third-order valence-corrected chi connectivity index (χ3v) is 5.39. The summed E-state index contributed by atoms with van der Waals surface area (Å²) in [5, 5.41) is 0. The van der Waals surface area contributed by atoms with Gasteiger partial charge in [-0.2, -0.15) is 0 Å². The van der Waals surface area contributed by atoms with Gasteiger partial charge in [-0.3, -0.25) is 4.90 Å². The number of hydrogen-bond acceptors (Lipinski definition) is 2. The summed E-state index contributed by atoms with van der Waals surface area (Å²) in [7, 11) is 0. The molecule has 3 rings (SSSR count). The summed E-state index contributed by atoms with van der Waals surface area (Å²) in [4.78, 5) is 2.68. The quantitative estimate of drug-likeness (QED) is 0.883. The molecule has 0 aromatic heterocycles. The molecule has 1 saturated carbocycles. The zero-order valence-corrected chi connectivity index (χ0v) is 12.1. The van der Waals surface area contributed by atoms with E-state index < -0.39 is 0 Å². The van der Waals surface area contributed by atoms with Gasteiger partial charge in [0.15, 0.2) is 0 Å². The minimum atomic E-state index is 0.278. The van der Waals surface area contributed by atoms with Gasteiger partial charge >= 0.3 is 0 Å². The van der Waals surface area contributed by atoms with Crippen molar-refractivity contribution in [3.63, 3.8) is 0 Å². The van der Waals surface area contributed by atoms with Crippen LogP contribution in [0.15, 0.2) is 24.3 Å². The van der Waals surface area contributed by atoms with Crippen LogP contribution in [0, 0.1) is 5.92 Å². The molecule has 1 heterocycles.